The van der Waals surface area contributed by atoms with E-state index in [1.807, 2.05) is 20.8 Å². The molecule has 0 saturated carbocycles. The third-order valence-electron chi connectivity index (χ3n) is 2.61. The second kappa shape index (κ2) is 7.07. The number of ether oxygens (including phenoxy) is 1. The normalized spacial score (nSPS) is 20.0. The molecule has 1 saturated heterocycles. The van der Waals surface area contributed by atoms with E-state index in [9.17, 15) is 4.79 Å². The molecule has 1 unspecified atom stereocenters. The molecule has 1 aliphatic rings. The molecular formula is C11H22O2. The fourth-order valence-electron chi connectivity index (χ4n) is 1.55. The van der Waals surface area contributed by atoms with Gasteiger partial charge in [0.15, 0.2) is 0 Å². The number of hydrogen-bond acceptors (Lipinski definition) is 2. The van der Waals surface area contributed by atoms with Crippen molar-refractivity contribution in [3.63, 3.8) is 0 Å². The Hall–Kier alpha value is -0.370. The molecule has 2 nitrogen and oxygen atoms in total. The van der Waals surface area contributed by atoms with Crippen LogP contribution in [0.4, 0.5) is 0 Å². The summed E-state index contributed by atoms with van der Waals surface area (Å²) < 4.78 is 5.22. The van der Waals surface area contributed by atoms with E-state index in [1.165, 1.54) is 0 Å². The second-order valence-electron chi connectivity index (χ2n) is 3.35. The zero-order valence-corrected chi connectivity index (χ0v) is 9.30. The van der Waals surface area contributed by atoms with Gasteiger partial charge in [0.2, 0.25) is 0 Å². The van der Waals surface area contributed by atoms with Crippen molar-refractivity contribution in [3.8, 4) is 0 Å². The molecular weight excluding hydrogens is 164 g/mol. The van der Waals surface area contributed by atoms with Crippen molar-refractivity contribution in [2.45, 2.75) is 40.5 Å². The van der Waals surface area contributed by atoms with Crippen LogP contribution >= 0.6 is 0 Å². The topological polar surface area (TPSA) is 26.3 Å². The molecule has 0 amide bonds. The summed E-state index contributed by atoms with van der Waals surface area (Å²) in [5.41, 5.74) is 0. The van der Waals surface area contributed by atoms with Gasteiger partial charge in [-0.2, -0.15) is 0 Å². The van der Waals surface area contributed by atoms with Gasteiger partial charge < -0.3 is 4.74 Å². The van der Waals surface area contributed by atoms with Gasteiger partial charge in [-0.3, -0.25) is 4.79 Å². The molecule has 1 rings (SSSR count). The van der Waals surface area contributed by atoms with Gasteiger partial charge in [-0.1, -0.05) is 20.8 Å². The average molecular weight is 186 g/mol. The van der Waals surface area contributed by atoms with Gasteiger partial charge in [-0.15, -0.1) is 0 Å². The van der Waals surface area contributed by atoms with Crippen molar-refractivity contribution < 1.29 is 9.53 Å². The van der Waals surface area contributed by atoms with Crippen molar-refractivity contribution in [1.29, 1.82) is 0 Å². The largest absolute Gasteiger partial charge is 0.381 e. The van der Waals surface area contributed by atoms with E-state index >= 15 is 0 Å². The van der Waals surface area contributed by atoms with Crippen LogP contribution in [0.5, 0.6) is 0 Å². The number of Topliss-reactive ketones (excluding diaryl/α,β-unsaturated/α-hetero) is 1. The molecule has 0 bridgehead atoms. The monoisotopic (exact) mass is 186 g/mol. The minimum absolute atomic E-state index is 0.235. The predicted molar refractivity (Wildman–Crippen MR) is 54.7 cm³/mol. The summed E-state index contributed by atoms with van der Waals surface area (Å²) in [6.45, 7) is 9.38. The minimum Gasteiger partial charge on any atom is -0.381 e. The second-order valence-corrected chi connectivity index (χ2v) is 3.35. The summed E-state index contributed by atoms with van der Waals surface area (Å²) >= 11 is 0. The number of carbonyl (C=O) groups is 1. The van der Waals surface area contributed by atoms with E-state index in [-0.39, 0.29) is 5.92 Å². The lowest BCUT2D eigenvalue weighted by atomic mass is 9.85. The molecule has 0 spiro atoms. The molecule has 0 aromatic heterocycles. The Morgan fingerprint density at radius 3 is 2.15 bits per heavy atom. The summed E-state index contributed by atoms with van der Waals surface area (Å²) in [6, 6.07) is 0. The Kier molecular flexibility index (Phi) is 6.87. The van der Waals surface area contributed by atoms with E-state index in [1.54, 1.807) is 6.92 Å². The molecule has 1 aliphatic heterocycles. The van der Waals surface area contributed by atoms with Crippen LogP contribution in [0.3, 0.4) is 0 Å². The fraction of sp³-hybridized carbons (Fsp3) is 0.909. The molecule has 0 aliphatic carbocycles. The van der Waals surface area contributed by atoms with E-state index < -0.39 is 0 Å². The van der Waals surface area contributed by atoms with Gasteiger partial charge in [0.25, 0.3) is 0 Å². The van der Waals surface area contributed by atoms with Crippen LogP contribution < -0.4 is 0 Å². The summed E-state index contributed by atoms with van der Waals surface area (Å²) in [7, 11) is 0. The van der Waals surface area contributed by atoms with E-state index in [0.717, 1.165) is 26.1 Å². The molecule has 0 N–H and O–H groups in total. The standard InChI is InChI=1S/C9H16O2.C2H6/c1-7(8(2)10)9-3-5-11-6-4-9;1-2/h7,9H,3-6H2,1-2H3;1-2H3. The third kappa shape index (κ3) is 4.41. The predicted octanol–water partition coefficient (Wildman–Crippen LogP) is 2.66. The quantitative estimate of drug-likeness (QED) is 0.662. The first kappa shape index (κ1) is 12.6. The Labute approximate surface area is 81.7 Å². The van der Waals surface area contributed by atoms with Crippen LogP contribution in [0.25, 0.3) is 0 Å². The van der Waals surface area contributed by atoms with Crippen LogP contribution in [0.2, 0.25) is 0 Å². The highest BCUT2D eigenvalue weighted by molar-refractivity contribution is 5.78. The summed E-state index contributed by atoms with van der Waals surface area (Å²) in [4.78, 5) is 11.0. The molecule has 78 valence electrons. The van der Waals surface area contributed by atoms with Crippen molar-refractivity contribution in [2.24, 2.45) is 11.8 Å². The van der Waals surface area contributed by atoms with Crippen LogP contribution in [-0.4, -0.2) is 19.0 Å². The third-order valence-corrected chi connectivity index (χ3v) is 2.61. The van der Waals surface area contributed by atoms with E-state index in [2.05, 4.69) is 0 Å². The van der Waals surface area contributed by atoms with Gasteiger partial charge in [0.05, 0.1) is 0 Å². The molecule has 2 heteroatoms. The smallest absolute Gasteiger partial charge is 0.132 e. The lowest BCUT2D eigenvalue weighted by molar-refractivity contribution is -0.122. The van der Waals surface area contributed by atoms with Crippen molar-refractivity contribution in [1.82, 2.24) is 0 Å². The zero-order chi connectivity index (χ0) is 10.3. The van der Waals surface area contributed by atoms with Crippen LogP contribution in [-0.2, 0) is 9.53 Å². The highest BCUT2D eigenvalue weighted by Gasteiger charge is 2.22. The van der Waals surface area contributed by atoms with Crippen LogP contribution in [0, 0.1) is 11.8 Å². The number of hydrogen-bond donors (Lipinski definition) is 0. The van der Waals surface area contributed by atoms with Crippen molar-refractivity contribution in [3.05, 3.63) is 0 Å². The first-order chi connectivity index (χ1) is 6.22. The Morgan fingerprint density at radius 1 is 1.31 bits per heavy atom. The van der Waals surface area contributed by atoms with E-state index in [0.29, 0.717) is 11.7 Å². The molecule has 0 aromatic rings. The van der Waals surface area contributed by atoms with Gasteiger partial charge in [-0.25, -0.2) is 0 Å². The average Bonchev–Trinajstić information content (AvgIpc) is 2.21. The zero-order valence-electron chi connectivity index (χ0n) is 9.30. The summed E-state index contributed by atoms with van der Waals surface area (Å²) in [5, 5.41) is 0. The molecule has 13 heavy (non-hydrogen) atoms. The Balaban J connectivity index is 0.000000671. The molecule has 0 aromatic carbocycles. The van der Waals surface area contributed by atoms with Crippen LogP contribution in [0.1, 0.15) is 40.5 Å². The number of rotatable bonds is 2. The lowest BCUT2D eigenvalue weighted by Crippen LogP contribution is -2.25. The number of ketones is 1. The maximum Gasteiger partial charge on any atom is 0.132 e. The van der Waals surface area contributed by atoms with Gasteiger partial charge in [0.1, 0.15) is 5.78 Å². The van der Waals surface area contributed by atoms with Gasteiger partial charge >= 0.3 is 0 Å². The van der Waals surface area contributed by atoms with E-state index in [4.69, 9.17) is 4.74 Å². The molecule has 1 heterocycles. The maximum atomic E-state index is 11.0. The maximum absolute atomic E-state index is 11.0. The van der Waals surface area contributed by atoms with Crippen LogP contribution in [0.15, 0.2) is 0 Å². The molecule has 0 radical (unpaired) electrons. The first-order valence-electron chi connectivity index (χ1n) is 5.30. The minimum atomic E-state index is 0.235. The SMILES string of the molecule is CC.CC(=O)C(C)C1CCOCC1. The van der Waals surface area contributed by atoms with Gasteiger partial charge in [0, 0.05) is 19.1 Å². The van der Waals surface area contributed by atoms with Crippen molar-refractivity contribution >= 4 is 5.78 Å². The lowest BCUT2D eigenvalue weighted by Gasteiger charge is -2.25. The summed E-state index contributed by atoms with van der Waals surface area (Å²) in [6.07, 6.45) is 2.11. The Morgan fingerprint density at radius 2 is 1.77 bits per heavy atom. The highest BCUT2D eigenvalue weighted by Crippen LogP contribution is 2.23. The summed E-state index contributed by atoms with van der Waals surface area (Å²) in [5.74, 6) is 1.12. The highest BCUT2D eigenvalue weighted by atomic mass is 16.5. The number of carbonyl (C=O) groups excluding carboxylic acids is 1. The molecule has 1 fully saturated rings. The first-order valence-corrected chi connectivity index (χ1v) is 5.30. The van der Waals surface area contributed by atoms with Crippen molar-refractivity contribution in [2.75, 3.05) is 13.2 Å². The Bertz CT molecular complexity index is 137. The van der Waals surface area contributed by atoms with Gasteiger partial charge in [-0.05, 0) is 25.7 Å². The molecule has 1 atom stereocenters. The fourth-order valence-corrected chi connectivity index (χ4v) is 1.55.